The Morgan fingerprint density at radius 1 is 1.12 bits per heavy atom. The lowest BCUT2D eigenvalue weighted by Crippen LogP contribution is -2.36. The van der Waals surface area contributed by atoms with E-state index in [0.29, 0.717) is 36.2 Å². The third-order valence-electron chi connectivity index (χ3n) is 4.57. The van der Waals surface area contributed by atoms with Crippen LogP contribution in [0, 0.1) is 0 Å². The molecule has 1 aliphatic heterocycles. The fourth-order valence-electron chi connectivity index (χ4n) is 3.27. The normalized spacial score (nSPS) is 15.4. The zero-order valence-corrected chi connectivity index (χ0v) is 15.2. The summed E-state index contributed by atoms with van der Waals surface area (Å²) in [5.41, 5.74) is 3.57. The second-order valence-electron chi connectivity index (χ2n) is 6.12. The maximum absolute atomic E-state index is 13.2. The lowest BCUT2D eigenvalue weighted by atomic mass is 10.1. The van der Waals surface area contributed by atoms with Gasteiger partial charge in [-0.3, -0.25) is 0 Å². The molecule has 0 saturated heterocycles. The van der Waals surface area contributed by atoms with Crippen molar-refractivity contribution in [3.63, 3.8) is 0 Å². The van der Waals surface area contributed by atoms with Crippen LogP contribution in [0.5, 0.6) is 0 Å². The second kappa shape index (κ2) is 5.76. The number of nitrogens with zero attached hydrogens (tertiary/aromatic N) is 5. The Hall–Kier alpha value is -2.49. The Labute approximate surface area is 153 Å². The van der Waals surface area contributed by atoms with E-state index < -0.39 is 10.0 Å². The molecule has 0 unspecified atom stereocenters. The summed E-state index contributed by atoms with van der Waals surface area (Å²) in [4.78, 5) is 9.08. The van der Waals surface area contributed by atoms with E-state index in [-0.39, 0.29) is 4.90 Å². The summed E-state index contributed by atoms with van der Waals surface area (Å²) in [6, 6.07) is 10.8. The van der Waals surface area contributed by atoms with Crippen molar-refractivity contribution >= 4 is 43.8 Å². The Bertz CT molecular complexity index is 1250. The molecule has 1 aromatic carbocycles. The molecule has 5 rings (SSSR count). The first-order chi connectivity index (χ1) is 12.6. The second-order valence-corrected chi connectivity index (χ2v) is 8.56. The van der Waals surface area contributed by atoms with E-state index in [2.05, 4.69) is 18.7 Å². The molecule has 7 nitrogen and oxygen atoms in total. The molecule has 0 atom stereocenters. The third kappa shape index (κ3) is 2.39. The summed E-state index contributed by atoms with van der Waals surface area (Å²) in [6.07, 6.45) is 2.27. The van der Waals surface area contributed by atoms with Gasteiger partial charge in [-0.25, -0.2) is 18.4 Å². The van der Waals surface area contributed by atoms with E-state index in [9.17, 15) is 8.42 Å². The van der Waals surface area contributed by atoms with Crippen LogP contribution in [0.1, 0.15) is 11.3 Å². The molecule has 0 radical (unpaired) electrons. The minimum atomic E-state index is -3.66. The molecule has 4 aromatic rings. The molecule has 0 aliphatic carbocycles. The van der Waals surface area contributed by atoms with Crippen molar-refractivity contribution in [3.05, 3.63) is 53.9 Å². The highest BCUT2D eigenvalue weighted by molar-refractivity contribution is 7.89. The summed E-state index contributed by atoms with van der Waals surface area (Å²) in [5.74, 6) is 0. The molecule has 26 heavy (non-hydrogen) atoms. The minimum Gasteiger partial charge on any atom is -0.237 e. The maximum Gasteiger partial charge on any atom is 0.245 e. The van der Waals surface area contributed by atoms with Gasteiger partial charge >= 0.3 is 0 Å². The number of sulfonamides is 1. The molecular weight excluding hydrogens is 370 g/mol. The predicted octanol–water partition coefficient (Wildman–Crippen LogP) is 2.38. The highest BCUT2D eigenvalue weighted by Crippen LogP contribution is 2.29. The summed E-state index contributed by atoms with van der Waals surface area (Å²) < 4.78 is 36.2. The Kier molecular flexibility index (Phi) is 3.49. The quantitative estimate of drug-likeness (QED) is 0.528. The van der Waals surface area contributed by atoms with E-state index in [4.69, 9.17) is 0 Å². The molecule has 0 amide bonds. The van der Waals surface area contributed by atoms with E-state index in [1.165, 1.54) is 4.31 Å². The maximum atomic E-state index is 13.2. The topological polar surface area (TPSA) is 88.9 Å². The van der Waals surface area contributed by atoms with E-state index >= 15 is 0 Å². The van der Waals surface area contributed by atoms with Gasteiger partial charge in [-0.1, -0.05) is 6.07 Å². The molecule has 9 heteroatoms. The lowest BCUT2D eigenvalue weighted by Gasteiger charge is -2.27. The van der Waals surface area contributed by atoms with Gasteiger partial charge in [0.25, 0.3) is 0 Å². The van der Waals surface area contributed by atoms with Crippen molar-refractivity contribution in [2.24, 2.45) is 0 Å². The zero-order chi connectivity index (χ0) is 17.7. The molecule has 0 spiro atoms. The van der Waals surface area contributed by atoms with Crippen LogP contribution in [0.25, 0.3) is 22.1 Å². The molecule has 0 saturated carbocycles. The number of aromatic nitrogens is 4. The largest absolute Gasteiger partial charge is 0.245 e. The van der Waals surface area contributed by atoms with Gasteiger partial charge in [-0.2, -0.15) is 13.1 Å². The SMILES string of the molecule is O=S(=O)(c1cccc2nsnc12)N1CCc2nc3ncccc3cc2C1. The standard InChI is InChI=1S/C17H13N5O2S2/c23-26(24,15-5-1-4-14-16(15)21-25-20-14)22-8-6-13-12(10-22)9-11-3-2-7-18-17(11)19-13/h1-5,7,9H,6,8,10H2. The van der Waals surface area contributed by atoms with E-state index in [1.54, 1.807) is 24.4 Å². The molecule has 4 heterocycles. The van der Waals surface area contributed by atoms with Crippen LogP contribution in [0.3, 0.4) is 0 Å². The number of fused-ring (bicyclic) bond motifs is 3. The van der Waals surface area contributed by atoms with E-state index in [1.807, 2.05) is 18.2 Å². The van der Waals surface area contributed by atoms with Gasteiger partial charge in [0, 0.05) is 36.8 Å². The average molecular weight is 383 g/mol. The van der Waals surface area contributed by atoms with Crippen LogP contribution in [-0.2, 0) is 23.0 Å². The monoisotopic (exact) mass is 383 g/mol. The smallest absolute Gasteiger partial charge is 0.237 e. The fraction of sp³-hybridized carbons (Fsp3) is 0.176. The molecule has 1 aliphatic rings. The van der Waals surface area contributed by atoms with Crippen LogP contribution >= 0.6 is 11.7 Å². The summed E-state index contributed by atoms with van der Waals surface area (Å²) in [5, 5.41) is 0.913. The highest BCUT2D eigenvalue weighted by Gasteiger charge is 2.31. The first kappa shape index (κ1) is 15.7. The summed E-state index contributed by atoms with van der Waals surface area (Å²) in [7, 11) is -3.66. The molecule has 0 fully saturated rings. The Balaban J connectivity index is 1.57. The van der Waals surface area contributed by atoms with Gasteiger partial charge < -0.3 is 0 Å². The first-order valence-electron chi connectivity index (χ1n) is 8.08. The number of rotatable bonds is 2. The number of pyridine rings is 2. The van der Waals surface area contributed by atoms with Crippen molar-refractivity contribution in [3.8, 4) is 0 Å². The molecule has 0 N–H and O–H groups in total. The van der Waals surface area contributed by atoms with Crippen LogP contribution in [0.15, 0.2) is 47.5 Å². The van der Waals surface area contributed by atoms with Gasteiger partial charge in [-0.05, 0) is 35.9 Å². The van der Waals surface area contributed by atoms with Gasteiger partial charge in [-0.15, -0.1) is 0 Å². The van der Waals surface area contributed by atoms with Crippen molar-refractivity contribution < 1.29 is 8.42 Å². The Morgan fingerprint density at radius 3 is 2.96 bits per heavy atom. The van der Waals surface area contributed by atoms with Gasteiger partial charge in [0.1, 0.15) is 15.9 Å². The predicted molar refractivity (Wildman–Crippen MR) is 98.3 cm³/mol. The van der Waals surface area contributed by atoms with Crippen molar-refractivity contribution in [2.75, 3.05) is 6.54 Å². The number of hydrogen-bond acceptors (Lipinski definition) is 7. The Morgan fingerprint density at radius 2 is 2.04 bits per heavy atom. The van der Waals surface area contributed by atoms with Gasteiger partial charge in [0.2, 0.25) is 10.0 Å². The highest BCUT2D eigenvalue weighted by atomic mass is 32.2. The van der Waals surface area contributed by atoms with Crippen molar-refractivity contribution in [1.82, 2.24) is 23.0 Å². The van der Waals surface area contributed by atoms with E-state index in [0.717, 1.165) is 28.4 Å². The van der Waals surface area contributed by atoms with Crippen LogP contribution in [0.4, 0.5) is 0 Å². The van der Waals surface area contributed by atoms with Crippen molar-refractivity contribution in [1.29, 1.82) is 0 Å². The van der Waals surface area contributed by atoms with Crippen LogP contribution < -0.4 is 0 Å². The summed E-state index contributed by atoms with van der Waals surface area (Å²) in [6.45, 7) is 0.679. The lowest BCUT2D eigenvalue weighted by molar-refractivity contribution is 0.389. The van der Waals surface area contributed by atoms with Gasteiger partial charge in [0.05, 0.1) is 11.7 Å². The zero-order valence-electron chi connectivity index (χ0n) is 13.5. The third-order valence-corrected chi connectivity index (χ3v) is 6.99. The van der Waals surface area contributed by atoms with Crippen LogP contribution in [-0.4, -0.2) is 38.0 Å². The fourth-order valence-corrected chi connectivity index (χ4v) is 5.44. The molecule has 0 bridgehead atoms. The first-order valence-corrected chi connectivity index (χ1v) is 10.2. The number of benzene rings is 1. The molecule has 3 aromatic heterocycles. The average Bonchev–Trinajstić information content (AvgIpc) is 3.14. The van der Waals surface area contributed by atoms with Gasteiger partial charge in [0.15, 0.2) is 5.65 Å². The van der Waals surface area contributed by atoms with Crippen molar-refractivity contribution in [2.45, 2.75) is 17.9 Å². The molecular formula is C17H13N5O2S2. The molecule has 130 valence electrons. The minimum absolute atomic E-state index is 0.211. The summed E-state index contributed by atoms with van der Waals surface area (Å²) >= 11 is 1.02. The van der Waals surface area contributed by atoms with Crippen LogP contribution in [0.2, 0.25) is 0 Å². The number of hydrogen-bond donors (Lipinski definition) is 0.